The van der Waals surface area contributed by atoms with Crippen molar-refractivity contribution in [3.05, 3.63) is 38.7 Å². The van der Waals surface area contributed by atoms with E-state index in [4.69, 9.17) is 11.6 Å². The zero-order valence-corrected chi connectivity index (χ0v) is 15.4. The van der Waals surface area contributed by atoms with E-state index < -0.39 is 0 Å². The summed E-state index contributed by atoms with van der Waals surface area (Å²) >= 11 is 10.3. The number of hydrogen-bond donors (Lipinski definition) is 0. The molecule has 1 heterocycles. The molecular weight excluding hydrogens is 403 g/mol. The van der Waals surface area contributed by atoms with Gasteiger partial charge in [0.05, 0.1) is 9.26 Å². The van der Waals surface area contributed by atoms with Crippen LogP contribution in [0.15, 0.2) is 29.2 Å². The molecule has 20 heavy (non-hydrogen) atoms. The van der Waals surface area contributed by atoms with Crippen LogP contribution in [0.5, 0.6) is 0 Å². The average molecular weight is 419 g/mol. The van der Waals surface area contributed by atoms with Crippen LogP contribution in [0.2, 0.25) is 5.15 Å². The first kappa shape index (κ1) is 16.0. The van der Waals surface area contributed by atoms with Gasteiger partial charge in [-0.2, -0.15) is 0 Å². The molecule has 0 fully saturated rings. The minimum absolute atomic E-state index is 0.330. The van der Waals surface area contributed by atoms with E-state index in [-0.39, 0.29) is 0 Å². The average Bonchev–Trinajstić information content (AvgIpc) is 2.42. The van der Waals surface area contributed by atoms with Gasteiger partial charge in [-0.1, -0.05) is 44.5 Å². The van der Waals surface area contributed by atoms with Gasteiger partial charge in [-0.3, -0.25) is 0 Å². The highest BCUT2D eigenvalue weighted by Crippen LogP contribution is 2.29. The Hall–Kier alpha value is -0.330. The van der Waals surface area contributed by atoms with Gasteiger partial charge in [0.1, 0.15) is 5.15 Å². The summed E-state index contributed by atoms with van der Waals surface area (Å²) in [6.07, 6.45) is 0. The first-order chi connectivity index (χ1) is 9.52. The number of rotatable bonds is 4. The van der Waals surface area contributed by atoms with Crippen molar-refractivity contribution in [3.8, 4) is 11.4 Å². The molecule has 5 heteroatoms. The molecule has 0 bridgehead atoms. The molecule has 0 atom stereocenters. The number of nitrogens with zero attached hydrogens (tertiary/aromatic N) is 2. The van der Waals surface area contributed by atoms with Crippen LogP contribution >= 0.6 is 46.0 Å². The molecule has 1 aromatic carbocycles. The smallest absolute Gasteiger partial charge is 0.161 e. The summed E-state index contributed by atoms with van der Waals surface area (Å²) in [7, 11) is 0. The summed E-state index contributed by atoms with van der Waals surface area (Å²) in [5, 5.41) is 0.534. The summed E-state index contributed by atoms with van der Waals surface area (Å²) < 4.78 is 0.946. The van der Waals surface area contributed by atoms with Gasteiger partial charge in [-0.15, -0.1) is 11.8 Å². The Kier molecular flexibility index (Phi) is 5.69. The molecular formula is C15H16ClIN2S. The van der Waals surface area contributed by atoms with Crippen LogP contribution in [0.1, 0.15) is 32.4 Å². The van der Waals surface area contributed by atoms with Crippen LogP contribution in [0.25, 0.3) is 11.4 Å². The normalized spacial score (nSPS) is 11.1. The molecule has 0 saturated carbocycles. The van der Waals surface area contributed by atoms with Gasteiger partial charge in [0.25, 0.3) is 0 Å². The van der Waals surface area contributed by atoms with Crippen LogP contribution < -0.4 is 0 Å². The van der Waals surface area contributed by atoms with Crippen molar-refractivity contribution in [1.29, 1.82) is 0 Å². The monoisotopic (exact) mass is 418 g/mol. The number of aromatic nitrogens is 2. The first-order valence-corrected chi connectivity index (χ1v) is 8.93. The highest BCUT2D eigenvalue weighted by molar-refractivity contribution is 14.1. The summed E-state index contributed by atoms with van der Waals surface area (Å²) in [6.45, 7) is 6.38. The fraction of sp³-hybridized carbons (Fsp3) is 0.333. The molecule has 2 nitrogen and oxygen atoms in total. The maximum absolute atomic E-state index is 6.23. The Labute approximate surface area is 142 Å². The molecule has 1 aromatic heterocycles. The topological polar surface area (TPSA) is 25.8 Å². The van der Waals surface area contributed by atoms with E-state index in [0.29, 0.717) is 16.9 Å². The molecule has 0 aliphatic rings. The van der Waals surface area contributed by atoms with Gasteiger partial charge in [0, 0.05) is 10.5 Å². The zero-order chi connectivity index (χ0) is 14.7. The predicted molar refractivity (Wildman–Crippen MR) is 95.7 cm³/mol. The molecule has 0 spiro atoms. The molecule has 0 aliphatic carbocycles. The second-order valence-electron chi connectivity index (χ2n) is 4.65. The van der Waals surface area contributed by atoms with Crippen molar-refractivity contribution in [2.45, 2.75) is 31.6 Å². The quantitative estimate of drug-likeness (QED) is 0.365. The summed E-state index contributed by atoms with van der Waals surface area (Å²) in [6, 6.07) is 8.32. The van der Waals surface area contributed by atoms with E-state index in [9.17, 15) is 0 Å². The molecule has 0 aliphatic heterocycles. The van der Waals surface area contributed by atoms with Crippen molar-refractivity contribution in [2.24, 2.45) is 0 Å². The number of benzene rings is 1. The van der Waals surface area contributed by atoms with Crippen molar-refractivity contribution < 1.29 is 0 Å². The third-order valence-electron chi connectivity index (χ3n) is 2.81. The van der Waals surface area contributed by atoms with Crippen LogP contribution in [-0.2, 0) is 0 Å². The third-order valence-corrected chi connectivity index (χ3v) is 5.36. The number of hydrogen-bond acceptors (Lipinski definition) is 3. The van der Waals surface area contributed by atoms with Gasteiger partial charge in [0.2, 0.25) is 0 Å². The Bertz CT molecular complexity index is 600. The molecule has 0 unspecified atom stereocenters. The third kappa shape index (κ3) is 3.65. The van der Waals surface area contributed by atoms with E-state index in [2.05, 4.69) is 77.6 Å². The molecule has 0 amide bonds. The minimum atomic E-state index is 0.330. The van der Waals surface area contributed by atoms with Gasteiger partial charge < -0.3 is 0 Å². The van der Waals surface area contributed by atoms with E-state index in [0.717, 1.165) is 20.6 Å². The first-order valence-electron chi connectivity index (χ1n) is 6.49. The molecule has 106 valence electrons. The largest absolute Gasteiger partial charge is 0.232 e. The van der Waals surface area contributed by atoms with Gasteiger partial charge in [0.15, 0.2) is 5.82 Å². The molecule has 0 N–H and O–H groups in total. The molecule has 0 radical (unpaired) electrons. The van der Waals surface area contributed by atoms with Crippen molar-refractivity contribution >= 4 is 46.0 Å². The van der Waals surface area contributed by atoms with Crippen molar-refractivity contribution in [2.75, 3.05) is 5.75 Å². The van der Waals surface area contributed by atoms with Gasteiger partial charge in [-0.25, -0.2) is 9.97 Å². The lowest BCUT2D eigenvalue weighted by Crippen LogP contribution is -2.02. The molecule has 0 saturated heterocycles. The second kappa shape index (κ2) is 7.09. The number of thioether (sulfide) groups is 1. The van der Waals surface area contributed by atoms with E-state index in [1.54, 1.807) is 0 Å². The lowest BCUT2D eigenvalue weighted by molar-refractivity contribution is 0.808. The van der Waals surface area contributed by atoms with Gasteiger partial charge in [-0.05, 0) is 46.4 Å². The molecule has 2 rings (SSSR count). The Morgan fingerprint density at radius 1 is 1.20 bits per heavy atom. The lowest BCUT2D eigenvalue weighted by atomic mass is 10.1. The highest BCUT2D eigenvalue weighted by atomic mass is 127. The van der Waals surface area contributed by atoms with Crippen LogP contribution in [-0.4, -0.2) is 15.7 Å². The fourth-order valence-corrected chi connectivity index (χ4v) is 3.52. The molecule has 2 aromatic rings. The van der Waals surface area contributed by atoms with Crippen LogP contribution in [0, 0.1) is 3.57 Å². The standard InChI is InChI=1S/C15H16ClIN2S/c1-4-20-11-7-5-10(6-8-11)15-18-13(9(2)3)12(17)14(16)19-15/h5-9H,4H2,1-3H3. The minimum Gasteiger partial charge on any atom is -0.232 e. The zero-order valence-electron chi connectivity index (χ0n) is 11.7. The Balaban J connectivity index is 2.42. The lowest BCUT2D eigenvalue weighted by Gasteiger charge is -2.11. The SMILES string of the molecule is CCSc1ccc(-c2nc(Cl)c(I)c(C(C)C)n2)cc1. The Morgan fingerprint density at radius 3 is 2.40 bits per heavy atom. The summed E-state index contributed by atoms with van der Waals surface area (Å²) in [4.78, 5) is 10.3. The number of halogens is 2. The summed E-state index contributed by atoms with van der Waals surface area (Å²) in [5.74, 6) is 2.10. The van der Waals surface area contributed by atoms with E-state index in [1.807, 2.05) is 11.8 Å². The fourth-order valence-electron chi connectivity index (χ4n) is 1.81. The maximum Gasteiger partial charge on any atom is 0.161 e. The predicted octanol–water partition coefficient (Wildman–Crippen LogP) is 5.64. The highest BCUT2D eigenvalue weighted by Gasteiger charge is 2.14. The van der Waals surface area contributed by atoms with E-state index >= 15 is 0 Å². The van der Waals surface area contributed by atoms with E-state index in [1.165, 1.54) is 4.90 Å². The summed E-state index contributed by atoms with van der Waals surface area (Å²) in [5.41, 5.74) is 2.01. The Morgan fingerprint density at radius 2 is 1.85 bits per heavy atom. The van der Waals surface area contributed by atoms with Crippen LogP contribution in [0.4, 0.5) is 0 Å². The van der Waals surface area contributed by atoms with Gasteiger partial charge >= 0.3 is 0 Å². The van der Waals surface area contributed by atoms with Crippen LogP contribution in [0.3, 0.4) is 0 Å². The van der Waals surface area contributed by atoms with Crippen molar-refractivity contribution in [1.82, 2.24) is 9.97 Å². The van der Waals surface area contributed by atoms with Crippen molar-refractivity contribution in [3.63, 3.8) is 0 Å². The maximum atomic E-state index is 6.23. The second-order valence-corrected chi connectivity index (χ2v) is 7.42.